The van der Waals surface area contributed by atoms with Gasteiger partial charge in [-0.3, -0.25) is 10.4 Å². The third-order valence-electron chi connectivity index (χ3n) is 1.72. The Morgan fingerprint density at radius 2 is 2.07 bits per heavy atom. The van der Waals surface area contributed by atoms with Crippen molar-refractivity contribution in [3.8, 4) is 0 Å². The fourth-order valence-electron chi connectivity index (χ4n) is 0.979. The zero-order chi connectivity index (χ0) is 10.7. The van der Waals surface area contributed by atoms with Crippen molar-refractivity contribution >= 4 is 33.2 Å². The first kappa shape index (κ1) is 11.7. The molecule has 0 aliphatic rings. The molecule has 0 spiro atoms. The second kappa shape index (κ2) is 4.95. The molecule has 0 fully saturated rings. The number of hydrogen-bond acceptors (Lipinski definition) is 4. The molecule has 0 amide bonds. The van der Waals surface area contributed by atoms with Crippen LogP contribution in [0.1, 0.15) is 11.7 Å². The van der Waals surface area contributed by atoms with Gasteiger partial charge < -0.3 is 5.11 Å². The van der Waals surface area contributed by atoms with E-state index >= 15 is 0 Å². The van der Waals surface area contributed by atoms with Crippen molar-refractivity contribution in [2.75, 3.05) is 10.6 Å². The molecule has 6 heteroatoms. The summed E-state index contributed by atoms with van der Waals surface area (Å²) < 4.78 is 0. The predicted octanol–water partition coefficient (Wildman–Crippen LogP) is 2.35. The summed E-state index contributed by atoms with van der Waals surface area (Å²) >= 11 is 8.79. The minimum Gasteiger partial charge on any atom is -0.388 e. The first-order valence-electron chi connectivity index (χ1n) is 3.77. The van der Waals surface area contributed by atoms with Gasteiger partial charge in [-0.15, -0.1) is 5.23 Å². The Morgan fingerprint density at radius 1 is 1.43 bits per heavy atom. The molecule has 1 aromatic rings. The second-order valence-corrected chi connectivity index (χ2v) is 3.73. The van der Waals surface area contributed by atoms with Crippen molar-refractivity contribution < 1.29 is 15.5 Å². The predicted molar refractivity (Wildman–Crippen MR) is 56.3 cm³/mol. The molecule has 0 bridgehead atoms. The Labute approximate surface area is 94.4 Å². The number of anilines is 1. The van der Waals surface area contributed by atoms with Crippen LogP contribution in [0, 0.1) is 0 Å². The highest BCUT2D eigenvalue weighted by atomic mass is 79.9. The maximum atomic E-state index is 9.45. The number of alkyl halides is 1. The normalized spacial score (nSPS) is 12.6. The van der Waals surface area contributed by atoms with E-state index < -0.39 is 6.10 Å². The van der Waals surface area contributed by atoms with E-state index in [1.54, 1.807) is 6.07 Å². The summed E-state index contributed by atoms with van der Waals surface area (Å²) in [5.74, 6) is 0. The first-order chi connectivity index (χ1) is 6.56. The van der Waals surface area contributed by atoms with Crippen LogP contribution in [0.3, 0.4) is 0 Å². The van der Waals surface area contributed by atoms with Crippen LogP contribution in [-0.4, -0.2) is 20.9 Å². The lowest BCUT2D eigenvalue weighted by Crippen LogP contribution is -2.12. The zero-order valence-electron chi connectivity index (χ0n) is 7.06. The average molecular weight is 283 g/mol. The fourth-order valence-corrected chi connectivity index (χ4v) is 1.55. The van der Waals surface area contributed by atoms with Crippen molar-refractivity contribution in [2.45, 2.75) is 6.10 Å². The lowest BCUT2D eigenvalue weighted by Gasteiger charge is -2.13. The first-order valence-corrected chi connectivity index (χ1v) is 5.27. The van der Waals surface area contributed by atoms with Gasteiger partial charge >= 0.3 is 0 Å². The summed E-state index contributed by atoms with van der Waals surface area (Å²) in [6.07, 6.45) is -0.703. The van der Waals surface area contributed by atoms with Crippen molar-refractivity contribution in [1.82, 2.24) is 0 Å². The Balaban J connectivity index is 3.06. The topological polar surface area (TPSA) is 63.9 Å². The van der Waals surface area contributed by atoms with E-state index in [1.807, 2.05) is 0 Å². The van der Waals surface area contributed by atoms with Crippen LogP contribution in [0.5, 0.6) is 0 Å². The second-order valence-electron chi connectivity index (χ2n) is 2.67. The Morgan fingerprint density at radius 3 is 2.57 bits per heavy atom. The van der Waals surface area contributed by atoms with Crippen molar-refractivity contribution in [3.63, 3.8) is 0 Å². The van der Waals surface area contributed by atoms with Gasteiger partial charge in [-0.25, -0.2) is 0 Å². The summed E-state index contributed by atoms with van der Waals surface area (Å²) in [7, 11) is 0. The number of nitrogens with zero attached hydrogens (tertiary/aromatic N) is 1. The van der Waals surface area contributed by atoms with Crippen LogP contribution in [0.4, 0.5) is 5.69 Å². The third-order valence-corrected chi connectivity index (χ3v) is 2.65. The highest BCUT2D eigenvalue weighted by Crippen LogP contribution is 2.28. The quantitative estimate of drug-likeness (QED) is 0.588. The Hall–Kier alpha value is -0.330. The third kappa shape index (κ3) is 2.59. The summed E-state index contributed by atoms with van der Waals surface area (Å²) in [6.45, 7) is 0. The van der Waals surface area contributed by atoms with Gasteiger partial charge in [0, 0.05) is 5.33 Å². The lowest BCUT2D eigenvalue weighted by molar-refractivity contribution is 0.0291. The molecule has 0 saturated heterocycles. The highest BCUT2D eigenvalue weighted by molar-refractivity contribution is 9.09. The van der Waals surface area contributed by atoms with Crippen molar-refractivity contribution in [1.29, 1.82) is 0 Å². The Kier molecular flexibility index (Phi) is 4.15. The molecule has 3 N–H and O–H groups in total. The van der Waals surface area contributed by atoms with E-state index in [1.165, 1.54) is 12.1 Å². The van der Waals surface area contributed by atoms with Gasteiger partial charge in [0.1, 0.15) is 5.69 Å². The maximum absolute atomic E-state index is 9.45. The van der Waals surface area contributed by atoms with Crippen LogP contribution in [0.25, 0.3) is 0 Å². The minimum atomic E-state index is -0.703. The van der Waals surface area contributed by atoms with E-state index in [-0.39, 0.29) is 15.9 Å². The fraction of sp³-hybridized carbons (Fsp3) is 0.250. The standard InChI is InChI=1S/C8H9BrClNO3/c9-4-8(12)5-1-2-6(10)7(3-5)11(13)14/h1-3,8,12-14H,4H2. The van der Waals surface area contributed by atoms with Crippen molar-refractivity contribution in [2.24, 2.45) is 0 Å². The molecule has 1 unspecified atom stereocenters. The van der Waals surface area contributed by atoms with Crippen LogP contribution >= 0.6 is 27.5 Å². The minimum absolute atomic E-state index is 0.0316. The average Bonchev–Trinajstić information content (AvgIpc) is 2.17. The van der Waals surface area contributed by atoms with Crippen LogP contribution in [0.2, 0.25) is 5.02 Å². The van der Waals surface area contributed by atoms with Gasteiger partial charge in [0.05, 0.1) is 11.1 Å². The number of aliphatic hydroxyl groups is 1. The van der Waals surface area contributed by atoms with Gasteiger partial charge in [0.2, 0.25) is 0 Å². The molecule has 1 atom stereocenters. The summed E-state index contributed by atoms with van der Waals surface area (Å²) in [4.78, 5) is 0. The van der Waals surface area contributed by atoms with E-state index in [4.69, 9.17) is 22.0 Å². The molecule has 0 radical (unpaired) electrons. The van der Waals surface area contributed by atoms with Gasteiger partial charge in [-0.05, 0) is 17.7 Å². The number of hydrogen-bond donors (Lipinski definition) is 3. The SMILES string of the molecule is OC(CBr)c1ccc(Cl)c(N(O)O)c1. The molecule has 1 aromatic carbocycles. The molecule has 14 heavy (non-hydrogen) atoms. The number of halogens is 2. The lowest BCUT2D eigenvalue weighted by atomic mass is 10.1. The molecule has 0 aliphatic carbocycles. The summed E-state index contributed by atoms with van der Waals surface area (Å²) in [5, 5.41) is 27.5. The molecule has 0 saturated carbocycles. The van der Waals surface area contributed by atoms with Gasteiger partial charge in [0.25, 0.3) is 0 Å². The number of benzene rings is 1. The van der Waals surface area contributed by atoms with E-state index in [0.717, 1.165) is 0 Å². The molecule has 0 heterocycles. The van der Waals surface area contributed by atoms with E-state index in [2.05, 4.69) is 15.9 Å². The molecule has 0 aromatic heterocycles. The maximum Gasteiger partial charge on any atom is 0.113 e. The molecule has 78 valence electrons. The molecule has 4 nitrogen and oxygen atoms in total. The number of aliphatic hydroxyl groups excluding tert-OH is 1. The smallest absolute Gasteiger partial charge is 0.113 e. The van der Waals surface area contributed by atoms with Gasteiger partial charge in [0.15, 0.2) is 0 Å². The largest absolute Gasteiger partial charge is 0.388 e. The molecular formula is C8H9BrClNO3. The molecular weight excluding hydrogens is 273 g/mol. The van der Waals surface area contributed by atoms with Crippen LogP contribution < -0.4 is 5.23 Å². The molecule has 0 aliphatic heterocycles. The molecule has 1 rings (SSSR count). The van der Waals surface area contributed by atoms with Gasteiger partial charge in [-0.1, -0.05) is 33.6 Å². The zero-order valence-corrected chi connectivity index (χ0v) is 9.40. The summed E-state index contributed by atoms with van der Waals surface area (Å²) in [6, 6.07) is 4.49. The van der Waals surface area contributed by atoms with Crippen LogP contribution in [0.15, 0.2) is 18.2 Å². The van der Waals surface area contributed by atoms with E-state index in [0.29, 0.717) is 10.9 Å². The Bertz CT molecular complexity index is 321. The number of rotatable bonds is 3. The van der Waals surface area contributed by atoms with E-state index in [9.17, 15) is 5.11 Å². The monoisotopic (exact) mass is 281 g/mol. The highest BCUT2D eigenvalue weighted by Gasteiger charge is 2.11. The summed E-state index contributed by atoms with van der Waals surface area (Å²) in [5.41, 5.74) is 0.582. The van der Waals surface area contributed by atoms with Crippen LogP contribution in [-0.2, 0) is 0 Å². The van der Waals surface area contributed by atoms with Crippen molar-refractivity contribution in [3.05, 3.63) is 28.8 Å². The van der Waals surface area contributed by atoms with Gasteiger partial charge in [-0.2, -0.15) is 0 Å².